The van der Waals surface area contributed by atoms with Crippen LogP contribution in [0.1, 0.15) is 18.1 Å². The highest BCUT2D eigenvalue weighted by Crippen LogP contribution is 2.23. The van der Waals surface area contributed by atoms with Crippen LogP contribution in [-0.2, 0) is 12.6 Å². The summed E-state index contributed by atoms with van der Waals surface area (Å²) in [6.45, 7) is 6.46. The Morgan fingerprint density at radius 3 is 2.86 bits per heavy atom. The molecule has 1 atom stereocenters. The lowest BCUT2D eigenvalue weighted by molar-refractivity contribution is 0.337. The number of rotatable bonds is 5. The van der Waals surface area contributed by atoms with Crippen molar-refractivity contribution in [3.05, 3.63) is 42.0 Å². The van der Waals surface area contributed by atoms with Crippen molar-refractivity contribution in [3.8, 4) is 5.75 Å². The van der Waals surface area contributed by atoms with Gasteiger partial charge in [0.05, 0.1) is 6.61 Å². The first kappa shape index (κ1) is 11.3. The predicted molar refractivity (Wildman–Crippen MR) is 64.9 cm³/mol. The summed E-state index contributed by atoms with van der Waals surface area (Å²) in [5.41, 5.74) is 2.54. The zero-order chi connectivity index (χ0) is 10.4. The van der Waals surface area contributed by atoms with Gasteiger partial charge in [-0.3, -0.25) is 0 Å². The molecule has 0 bridgehead atoms. The molecule has 0 aliphatic heterocycles. The van der Waals surface area contributed by atoms with E-state index in [0.29, 0.717) is 0 Å². The van der Waals surface area contributed by atoms with Gasteiger partial charge in [0, 0.05) is 0 Å². The molecule has 0 saturated heterocycles. The van der Waals surface area contributed by atoms with Crippen LogP contribution in [0.2, 0.25) is 0 Å². The van der Waals surface area contributed by atoms with Gasteiger partial charge >= 0.3 is 0 Å². The Kier molecular flexibility index (Phi) is 4.69. The maximum atomic E-state index is 5.52. The smallest absolute Gasteiger partial charge is 0.122 e. The van der Waals surface area contributed by atoms with E-state index in [1.54, 1.807) is 0 Å². The van der Waals surface area contributed by atoms with Crippen molar-refractivity contribution in [1.29, 1.82) is 0 Å². The van der Waals surface area contributed by atoms with Crippen LogP contribution >= 0.6 is 9.24 Å². The van der Waals surface area contributed by atoms with Crippen molar-refractivity contribution in [2.24, 2.45) is 0 Å². The zero-order valence-electron chi connectivity index (χ0n) is 8.62. The fourth-order valence-electron chi connectivity index (χ4n) is 1.38. The fraction of sp³-hybridized carbons (Fsp3) is 0.333. The summed E-state index contributed by atoms with van der Waals surface area (Å²) in [5.74, 6) is 0.996. The van der Waals surface area contributed by atoms with E-state index in [1.165, 1.54) is 11.1 Å². The van der Waals surface area contributed by atoms with Gasteiger partial charge in [-0.1, -0.05) is 18.2 Å². The van der Waals surface area contributed by atoms with E-state index < -0.39 is 0 Å². The normalized spacial score (nSPS) is 9.86. The molecule has 1 nitrogen and oxygen atoms in total. The summed E-state index contributed by atoms with van der Waals surface area (Å²) in [6, 6.07) is 6.32. The van der Waals surface area contributed by atoms with Crippen molar-refractivity contribution < 1.29 is 4.74 Å². The Morgan fingerprint density at radius 1 is 1.50 bits per heavy atom. The largest absolute Gasteiger partial charge is 0.494 e. The van der Waals surface area contributed by atoms with Gasteiger partial charge in [-0.15, -0.1) is 15.8 Å². The molecule has 1 unspecified atom stereocenters. The van der Waals surface area contributed by atoms with Crippen LogP contribution in [0.4, 0.5) is 0 Å². The number of hydrogen-bond acceptors (Lipinski definition) is 1. The molecule has 0 N–H and O–H groups in total. The molecule has 0 radical (unpaired) electrons. The van der Waals surface area contributed by atoms with Crippen LogP contribution in [0.15, 0.2) is 30.9 Å². The summed E-state index contributed by atoms with van der Waals surface area (Å²) >= 11 is 0. The quantitative estimate of drug-likeness (QED) is 0.533. The first-order chi connectivity index (χ1) is 6.81. The van der Waals surface area contributed by atoms with E-state index in [-0.39, 0.29) is 0 Å². The van der Waals surface area contributed by atoms with Gasteiger partial charge in [0.2, 0.25) is 0 Å². The predicted octanol–water partition coefficient (Wildman–Crippen LogP) is 3.19. The van der Waals surface area contributed by atoms with Gasteiger partial charge in [-0.2, -0.15) is 0 Å². The number of ether oxygens (including phenoxy) is 1. The monoisotopic (exact) mass is 208 g/mol. The molecule has 0 aliphatic rings. The summed E-state index contributed by atoms with van der Waals surface area (Å²) < 4.78 is 5.52. The summed E-state index contributed by atoms with van der Waals surface area (Å²) in [6.07, 6.45) is 3.77. The van der Waals surface area contributed by atoms with Crippen molar-refractivity contribution >= 4 is 9.24 Å². The maximum absolute atomic E-state index is 5.52. The van der Waals surface area contributed by atoms with Crippen LogP contribution < -0.4 is 4.74 Å². The zero-order valence-corrected chi connectivity index (χ0v) is 9.78. The molecule has 0 fully saturated rings. The minimum Gasteiger partial charge on any atom is -0.494 e. The molecule has 1 aromatic rings. The van der Waals surface area contributed by atoms with E-state index in [4.69, 9.17) is 4.74 Å². The SMILES string of the molecule is C=CCc1ccc(OCC)c(CP)c1. The van der Waals surface area contributed by atoms with E-state index in [0.717, 1.165) is 24.9 Å². The Bertz CT molecular complexity index is 307. The minimum atomic E-state index is 0.721. The van der Waals surface area contributed by atoms with Crippen molar-refractivity contribution in [2.75, 3.05) is 6.61 Å². The van der Waals surface area contributed by atoms with E-state index >= 15 is 0 Å². The second kappa shape index (κ2) is 5.82. The number of benzene rings is 1. The lowest BCUT2D eigenvalue weighted by Crippen LogP contribution is -1.96. The summed E-state index contributed by atoms with van der Waals surface area (Å²) in [5, 5.41) is 0. The molecule has 0 aromatic heterocycles. The minimum absolute atomic E-state index is 0.721. The molecule has 0 aliphatic carbocycles. The van der Waals surface area contributed by atoms with Crippen LogP contribution in [-0.4, -0.2) is 6.61 Å². The van der Waals surface area contributed by atoms with E-state index in [1.807, 2.05) is 19.1 Å². The topological polar surface area (TPSA) is 9.23 Å². The molecule has 14 heavy (non-hydrogen) atoms. The van der Waals surface area contributed by atoms with Gasteiger partial charge in [0.1, 0.15) is 5.75 Å². The lowest BCUT2D eigenvalue weighted by Gasteiger charge is -2.09. The summed E-state index contributed by atoms with van der Waals surface area (Å²) in [7, 11) is 2.73. The molecule has 1 rings (SSSR count). The van der Waals surface area contributed by atoms with Gasteiger partial charge in [0.25, 0.3) is 0 Å². The third-order valence-electron chi connectivity index (χ3n) is 2.02. The fourth-order valence-corrected chi connectivity index (χ4v) is 1.70. The summed E-state index contributed by atoms with van der Waals surface area (Å²) in [4.78, 5) is 0. The first-order valence-electron chi connectivity index (χ1n) is 4.87. The van der Waals surface area contributed by atoms with Crippen molar-refractivity contribution in [3.63, 3.8) is 0 Å². The maximum Gasteiger partial charge on any atom is 0.122 e. The van der Waals surface area contributed by atoms with Crippen LogP contribution in [0.5, 0.6) is 5.75 Å². The Hall–Kier alpha value is -0.810. The molecule has 0 spiro atoms. The second-order valence-electron chi connectivity index (χ2n) is 3.07. The van der Waals surface area contributed by atoms with Gasteiger partial charge in [0.15, 0.2) is 0 Å². The highest BCUT2D eigenvalue weighted by molar-refractivity contribution is 7.15. The molecule has 0 saturated carbocycles. The molecule has 76 valence electrons. The van der Waals surface area contributed by atoms with Crippen molar-refractivity contribution in [1.82, 2.24) is 0 Å². The molecule has 0 amide bonds. The van der Waals surface area contributed by atoms with Crippen molar-refractivity contribution in [2.45, 2.75) is 19.5 Å². The van der Waals surface area contributed by atoms with Crippen LogP contribution in [0.3, 0.4) is 0 Å². The van der Waals surface area contributed by atoms with Crippen LogP contribution in [0.25, 0.3) is 0 Å². The lowest BCUT2D eigenvalue weighted by atomic mass is 10.1. The van der Waals surface area contributed by atoms with Gasteiger partial charge < -0.3 is 4.74 Å². The van der Waals surface area contributed by atoms with Crippen LogP contribution in [0, 0.1) is 0 Å². The highest BCUT2D eigenvalue weighted by Gasteiger charge is 2.01. The Morgan fingerprint density at radius 2 is 2.29 bits per heavy atom. The van der Waals surface area contributed by atoms with E-state index in [2.05, 4.69) is 28.0 Å². The Balaban J connectivity index is 2.92. The highest BCUT2D eigenvalue weighted by atomic mass is 31.0. The number of hydrogen-bond donors (Lipinski definition) is 0. The molecule has 1 aromatic carbocycles. The third-order valence-corrected chi connectivity index (χ3v) is 2.46. The second-order valence-corrected chi connectivity index (χ2v) is 3.48. The van der Waals surface area contributed by atoms with E-state index in [9.17, 15) is 0 Å². The third kappa shape index (κ3) is 2.85. The molecular weight excluding hydrogens is 191 g/mol. The Labute approximate surface area is 88.4 Å². The first-order valence-corrected chi connectivity index (χ1v) is 5.69. The molecule has 2 heteroatoms. The molecular formula is C12H17OP. The standard InChI is InChI=1S/C12H17OP/c1-3-5-10-6-7-12(13-4-2)11(8-10)9-14/h3,6-8H,1,4-5,9,14H2,2H3. The average Bonchev–Trinajstić information content (AvgIpc) is 2.21. The van der Waals surface area contributed by atoms with Gasteiger partial charge in [-0.25, -0.2) is 0 Å². The van der Waals surface area contributed by atoms with Gasteiger partial charge in [-0.05, 0) is 36.7 Å². The number of allylic oxidation sites excluding steroid dienone is 1. The average molecular weight is 208 g/mol. The molecule has 0 heterocycles.